The molecule has 0 bridgehead atoms. The first-order valence-corrected chi connectivity index (χ1v) is 13.9. The number of carbonyl (C=O) groups excluding carboxylic acids is 2. The van der Waals surface area contributed by atoms with Crippen LogP contribution in [0, 0.1) is 6.92 Å². The third-order valence-corrected chi connectivity index (χ3v) is 8.51. The molecule has 3 rings (SSSR count). The molecule has 0 unspecified atom stereocenters. The molecule has 0 aliphatic carbocycles. The third-order valence-electron chi connectivity index (χ3n) is 5.99. The predicted molar refractivity (Wildman–Crippen MR) is 149 cm³/mol. The Bertz CT molecular complexity index is 1410. The molecule has 0 radical (unpaired) electrons. The Balaban J connectivity index is 2.08. The van der Waals surface area contributed by atoms with E-state index in [0.717, 1.165) is 9.87 Å². The summed E-state index contributed by atoms with van der Waals surface area (Å²) in [4.78, 5) is 27.7. The number of hydrogen-bond acceptors (Lipinski definition) is 5. The number of hydrogen-bond donors (Lipinski definition) is 1. The van der Waals surface area contributed by atoms with Gasteiger partial charge in [0.2, 0.25) is 11.8 Å². The maximum absolute atomic E-state index is 13.9. The highest BCUT2D eigenvalue weighted by atomic mass is 35.5. The number of nitrogens with one attached hydrogen (secondary N) is 1. The maximum Gasteiger partial charge on any atom is 0.264 e. The number of benzene rings is 3. The molecule has 8 nitrogen and oxygen atoms in total. The number of ether oxygens (including phenoxy) is 1. The van der Waals surface area contributed by atoms with E-state index >= 15 is 0 Å². The van der Waals surface area contributed by atoms with Gasteiger partial charge >= 0.3 is 0 Å². The third kappa shape index (κ3) is 6.59. The Morgan fingerprint density at radius 3 is 2.26 bits per heavy atom. The molecule has 202 valence electrons. The summed E-state index contributed by atoms with van der Waals surface area (Å²) in [5.41, 5.74) is 1.69. The van der Waals surface area contributed by atoms with Gasteiger partial charge in [-0.15, -0.1) is 0 Å². The molecule has 11 heteroatoms. The smallest absolute Gasteiger partial charge is 0.264 e. The number of likely N-dealkylation sites (N-methyl/N-ethyl adjacent to an activating group) is 1. The van der Waals surface area contributed by atoms with Crippen LogP contribution in [0.15, 0.2) is 71.6 Å². The lowest BCUT2D eigenvalue weighted by molar-refractivity contribution is -0.139. The molecule has 1 atom stereocenters. The molecule has 0 saturated carbocycles. The molecule has 0 aliphatic heterocycles. The Morgan fingerprint density at radius 2 is 1.66 bits per heavy atom. The average molecular weight is 579 g/mol. The van der Waals surface area contributed by atoms with Crippen LogP contribution in [0.1, 0.15) is 18.1 Å². The van der Waals surface area contributed by atoms with E-state index in [0.29, 0.717) is 15.6 Å². The van der Waals surface area contributed by atoms with E-state index in [2.05, 4.69) is 5.32 Å². The first-order valence-electron chi connectivity index (χ1n) is 11.7. The maximum atomic E-state index is 13.9. The molecule has 0 fully saturated rings. The van der Waals surface area contributed by atoms with E-state index in [1.807, 2.05) is 6.92 Å². The van der Waals surface area contributed by atoms with Crippen LogP contribution in [0.2, 0.25) is 10.0 Å². The molecule has 0 saturated heterocycles. The van der Waals surface area contributed by atoms with Gasteiger partial charge in [-0.1, -0.05) is 59.1 Å². The fourth-order valence-corrected chi connectivity index (χ4v) is 5.56. The zero-order chi connectivity index (χ0) is 28.0. The molecule has 0 spiro atoms. The van der Waals surface area contributed by atoms with Crippen LogP contribution in [0.25, 0.3) is 0 Å². The van der Waals surface area contributed by atoms with Crippen molar-refractivity contribution in [1.82, 2.24) is 10.2 Å². The number of halogens is 2. The quantitative estimate of drug-likeness (QED) is 0.378. The minimum Gasteiger partial charge on any atom is -0.495 e. The van der Waals surface area contributed by atoms with E-state index in [-0.39, 0.29) is 22.9 Å². The van der Waals surface area contributed by atoms with Gasteiger partial charge in [0.1, 0.15) is 18.3 Å². The summed E-state index contributed by atoms with van der Waals surface area (Å²) in [5, 5.41) is 3.18. The lowest BCUT2D eigenvalue weighted by atomic mass is 10.1. The monoisotopic (exact) mass is 577 g/mol. The van der Waals surface area contributed by atoms with E-state index in [9.17, 15) is 18.0 Å². The van der Waals surface area contributed by atoms with Gasteiger partial charge in [-0.2, -0.15) is 0 Å². The molecule has 3 aromatic rings. The van der Waals surface area contributed by atoms with Crippen molar-refractivity contribution in [2.45, 2.75) is 31.3 Å². The summed E-state index contributed by atoms with van der Waals surface area (Å²) in [6, 6.07) is 16.8. The number of para-hydroxylation sites is 2. The standard InChI is InChI=1S/C27H29Cl2N3O5S/c1-18-9-12-21(13-10-18)38(35,36)32(24-7-5-6-8-25(24)37-4)17-26(33)31(19(2)27(34)30-3)16-20-11-14-22(28)23(29)15-20/h5-15,19H,16-17H2,1-4H3,(H,30,34)/t19-/m0/s1. The van der Waals surface area contributed by atoms with Crippen LogP contribution < -0.4 is 14.4 Å². The molecule has 1 N–H and O–H groups in total. The van der Waals surface area contributed by atoms with Crippen LogP contribution in [0.3, 0.4) is 0 Å². The summed E-state index contributed by atoms with van der Waals surface area (Å²) in [6.45, 7) is 2.82. The van der Waals surface area contributed by atoms with Gasteiger partial charge in [0.25, 0.3) is 10.0 Å². The van der Waals surface area contributed by atoms with Crippen molar-refractivity contribution in [2.24, 2.45) is 0 Å². The number of anilines is 1. The summed E-state index contributed by atoms with van der Waals surface area (Å²) in [7, 11) is -1.32. The van der Waals surface area contributed by atoms with Crippen LogP contribution in [-0.2, 0) is 26.2 Å². The minimum absolute atomic E-state index is 0.00530. The molecule has 38 heavy (non-hydrogen) atoms. The number of aryl methyl sites for hydroxylation is 1. The summed E-state index contributed by atoms with van der Waals surface area (Å²) < 4.78 is 34.1. The highest BCUT2D eigenvalue weighted by Gasteiger charge is 2.33. The van der Waals surface area contributed by atoms with Crippen LogP contribution in [-0.4, -0.2) is 51.9 Å². The van der Waals surface area contributed by atoms with Crippen molar-refractivity contribution in [3.05, 3.63) is 87.9 Å². The summed E-state index contributed by atoms with van der Waals surface area (Å²) in [6.07, 6.45) is 0. The van der Waals surface area contributed by atoms with Crippen molar-refractivity contribution >= 4 is 50.7 Å². The number of methoxy groups -OCH3 is 1. The zero-order valence-corrected chi connectivity index (χ0v) is 23.8. The van der Waals surface area contributed by atoms with Crippen molar-refractivity contribution in [2.75, 3.05) is 25.0 Å². The van der Waals surface area contributed by atoms with E-state index in [4.69, 9.17) is 27.9 Å². The predicted octanol–water partition coefficient (Wildman–Crippen LogP) is 4.67. The van der Waals surface area contributed by atoms with Crippen molar-refractivity contribution in [1.29, 1.82) is 0 Å². The normalized spacial score (nSPS) is 11.9. The van der Waals surface area contributed by atoms with Gasteiger partial charge < -0.3 is 15.0 Å². The van der Waals surface area contributed by atoms with Crippen molar-refractivity contribution < 1.29 is 22.7 Å². The molecule has 3 aromatic carbocycles. The largest absolute Gasteiger partial charge is 0.495 e. The van der Waals surface area contributed by atoms with E-state index in [1.165, 1.54) is 31.2 Å². The van der Waals surface area contributed by atoms with Crippen LogP contribution >= 0.6 is 23.2 Å². The van der Waals surface area contributed by atoms with E-state index in [1.54, 1.807) is 61.5 Å². The lowest BCUT2D eigenvalue weighted by Gasteiger charge is -2.32. The molecule has 2 amide bonds. The van der Waals surface area contributed by atoms with Gasteiger partial charge in [-0.3, -0.25) is 13.9 Å². The van der Waals surface area contributed by atoms with Gasteiger partial charge in [0.05, 0.1) is 27.7 Å². The zero-order valence-electron chi connectivity index (χ0n) is 21.4. The van der Waals surface area contributed by atoms with Gasteiger partial charge in [-0.25, -0.2) is 8.42 Å². The summed E-state index contributed by atoms with van der Waals surface area (Å²) in [5.74, 6) is -0.747. The Kier molecular flexibility index (Phi) is 9.65. The molecular formula is C27H29Cl2N3O5S. The number of rotatable bonds is 10. The van der Waals surface area contributed by atoms with Crippen LogP contribution in [0.5, 0.6) is 5.75 Å². The second kappa shape index (κ2) is 12.5. The fourth-order valence-electron chi connectivity index (χ4n) is 3.81. The first-order chi connectivity index (χ1) is 18.0. The number of carbonyl (C=O) groups is 2. The van der Waals surface area contributed by atoms with Crippen molar-refractivity contribution in [3.63, 3.8) is 0 Å². The van der Waals surface area contributed by atoms with Gasteiger partial charge in [-0.05, 0) is 55.8 Å². The minimum atomic E-state index is -4.20. The lowest BCUT2D eigenvalue weighted by Crippen LogP contribution is -2.50. The number of amides is 2. The molecule has 0 aromatic heterocycles. The number of nitrogens with zero attached hydrogens (tertiary/aromatic N) is 2. The molecule has 0 heterocycles. The Labute approximate surface area is 233 Å². The van der Waals surface area contributed by atoms with Gasteiger partial charge in [0.15, 0.2) is 0 Å². The fraction of sp³-hybridized carbons (Fsp3) is 0.259. The average Bonchev–Trinajstić information content (AvgIpc) is 2.91. The van der Waals surface area contributed by atoms with Crippen molar-refractivity contribution in [3.8, 4) is 5.75 Å². The number of sulfonamides is 1. The first kappa shape index (κ1) is 29.3. The topological polar surface area (TPSA) is 96.0 Å². The highest BCUT2D eigenvalue weighted by Crippen LogP contribution is 2.33. The summed E-state index contributed by atoms with van der Waals surface area (Å²) >= 11 is 12.2. The Morgan fingerprint density at radius 1 is 1.00 bits per heavy atom. The second-order valence-electron chi connectivity index (χ2n) is 8.56. The van der Waals surface area contributed by atoms with Crippen LogP contribution in [0.4, 0.5) is 5.69 Å². The second-order valence-corrected chi connectivity index (χ2v) is 11.2. The SMILES string of the molecule is CNC(=O)[C@H](C)N(Cc1ccc(Cl)c(Cl)c1)C(=O)CN(c1ccccc1OC)S(=O)(=O)c1ccc(C)cc1. The van der Waals surface area contributed by atoms with Gasteiger partial charge in [0, 0.05) is 13.6 Å². The Hall–Kier alpha value is -3.27. The molecular weight excluding hydrogens is 549 g/mol. The molecule has 0 aliphatic rings. The van der Waals surface area contributed by atoms with E-state index < -0.39 is 34.4 Å². The highest BCUT2D eigenvalue weighted by molar-refractivity contribution is 7.92.